The number of carbonyl (C=O) groups excluding carboxylic acids is 2. The van der Waals surface area contributed by atoms with E-state index in [1.54, 1.807) is 17.5 Å². The molecule has 176 valence electrons. The Balaban J connectivity index is 1.81. The number of aliphatic hydroxyl groups is 1. The lowest BCUT2D eigenvalue weighted by Gasteiger charge is -2.24. The third kappa shape index (κ3) is 4.41. The fourth-order valence-corrected chi connectivity index (χ4v) is 4.83. The van der Waals surface area contributed by atoms with E-state index in [1.807, 2.05) is 0 Å². The molecule has 2 aromatic carbocycles. The summed E-state index contributed by atoms with van der Waals surface area (Å²) < 4.78 is 44.7. The second kappa shape index (κ2) is 9.15. The molecule has 5 nitrogen and oxygen atoms in total. The molecular formula is C24H17ClF3NO4S. The number of nitrogens with zero attached hydrogens (tertiary/aromatic N) is 1. The molecule has 1 amide bonds. The van der Waals surface area contributed by atoms with Crippen molar-refractivity contribution >= 4 is 40.4 Å². The number of alkyl halides is 3. The summed E-state index contributed by atoms with van der Waals surface area (Å²) in [5, 5.41) is 13.1. The van der Waals surface area contributed by atoms with Crippen LogP contribution in [0.4, 0.5) is 13.2 Å². The predicted octanol–water partition coefficient (Wildman–Crippen LogP) is 6.05. The number of hydrogen-bond donors (Lipinski definition) is 1. The molecule has 1 saturated heterocycles. The number of methoxy groups -OCH3 is 1. The van der Waals surface area contributed by atoms with E-state index in [2.05, 4.69) is 0 Å². The Bertz CT molecular complexity index is 1290. The van der Waals surface area contributed by atoms with Gasteiger partial charge < -0.3 is 14.7 Å². The van der Waals surface area contributed by atoms with Gasteiger partial charge in [0.25, 0.3) is 11.7 Å². The normalized spacial score (nSPS) is 17.9. The number of ether oxygens (including phenoxy) is 1. The van der Waals surface area contributed by atoms with Crippen molar-refractivity contribution in [3.63, 3.8) is 0 Å². The van der Waals surface area contributed by atoms with E-state index in [-0.39, 0.29) is 29.0 Å². The van der Waals surface area contributed by atoms with E-state index < -0.39 is 35.2 Å². The van der Waals surface area contributed by atoms with Gasteiger partial charge in [0.2, 0.25) is 0 Å². The molecule has 3 aromatic rings. The number of benzene rings is 2. The summed E-state index contributed by atoms with van der Waals surface area (Å²) >= 11 is 7.31. The van der Waals surface area contributed by atoms with Crippen molar-refractivity contribution in [2.24, 2.45) is 0 Å². The quantitative estimate of drug-likeness (QED) is 0.259. The van der Waals surface area contributed by atoms with Crippen LogP contribution in [-0.4, -0.2) is 28.8 Å². The second-order valence-electron chi connectivity index (χ2n) is 7.49. The van der Waals surface area contributed by atoms with Gasteiger partial charge in [0.15, 0.2) is 0 Å². The molecule has 0 spiro atoms. The van der Waals surface area contributed by atoms with Crippen LogP contribution in [0.15, 0.2) is 65.6 Å². The van der Waals surface area contributed by atoms with Gasteiger partial charge in [0.1, 0.15) is 11.5 Å². The molecule has 34 heavy (non-hydrogen) atoms. The highest BCUT2D eigenvalue weighted by Gasteiger charge is 2.46. The van der Waals surface area contributed by atoms with Crippen LogP contribution in [0.25, 0.3) is 5.76 Å². The van der Waals surface area contributed by atoms with Gasteiger partial charge in [-0.3, -0.25) is 9.59 Å². The van der Waals surface area contributed by atoms with Crippen LogP contribution in [0.1, 0.15) is 27.6 Å². The van der Waals surface area contributed by atoms with Gasteiger partial charge in [0, 0.05) is 17.0 Å². The second-order valence-corrected chi connectivity index (χ2v) is 8.88. The van der Waals surface area contributed by atoms with E-state index in [0.717, 1.165) is 12.1 Å². The molecule has 0 radical (unpaired) electrons. The monoisotopic (exact) mass is 507 g/mol. The summed E-state index contributed by atoms with van der Waals surface area (Å²) in [5.41, 5.74) is -0.613. The summed E-state index contributed by atoms with van der Waals surface area (Å²) in [6.07, 6.45) is -4.55. The largest absolute Gasteiger partial charge is 0.507 e. The van der Waals surface area contributed by atoms with Gasteiger partial charge in [-0.1, -0.05) is 29.8 Å². The predicted molar refractivity (Wildman–Crippen MR) is 122 cm³/mol. The number of likely N-dealkylation sites (tertiary alicyclic amines) is 1. The highest BCUT2D eigenvalue weighted by Crippen LogP contribution is 2.42. The zero-order valence-corrected chi connectivity index (χ0v) is 19.2. The number of hydrogen-bond acceptors (Lipinski definition) is 5. The fourth-order valence-electron chi connectivity index (χ4n) is 3.79. The number of halogens is 4. The summed E-state index contributed by atoms with van der Waals surface area (Å²) in [4.78, 5) is 27.8. The van der Waals surface area contributed by atoms with Crippen molar-refractivity contribution in [3.8, 4) is 5.75 Å². The molecule has 1 aliphatic rings. The van der Waals surface area contributed by atoms with E-state index in [1.165, 1.54) is 53.7 Å². The minimum Gasteiger partial charge on any atom is -0.507 e. The van der Waals surface area contributed by atoms with Crippen molar-refractivity contribution in [1.82, 2.24) is 4.90 Å². The lowest BCUT2D eigenvalue weighted by molar-refractivity contribution is -0.140. The smallest absolute Gasteiger partial charge is 0.416 e. The highest BCUT2D eigenvalue weighted by molar-refractivity contribution is 7.10. The summed E-state index contributed by atoms with van der Waals surface area (Å²) in [7, 11) is 1.39. The third-order valence-electron chi connectivity index (χ3n) is 5.38. The zero-order chi connectivity index (χ0) is 24.6. The van der Waals surface area contributed by atoms with Crippen LogP contribution in [0.2, 0.25) is 5.02 Å². The molecule has 1 N–H and O–H groups in total. The Kier molecular flexibility index (Phi) is 6.42. The highest BCUT2D eigenvalue weighted by atomic mass is 35.5. The first-order chi connectivity index (χ1) is 16.1. The van der Waals surface area contributed by atoms with E-state index in [4.69, 9.17) is 16.3 Å². The number of ketones is 1. The Hall–Kier alpha value is -3.30. The van der Waals surface area contributed by atoms with Crippen molar-refractivity contribution in [3.05, 3.63) is 92.1 Å². The summed E-state index contributed by atoms with van der Waals surface area (Å²) in [6.45, 7) is -0.252. The first kappa shape index (κ1) is 23.8. The average Bonchev–Trinajstić information content (AvgIpc) is 3.41. The Morgan fingerprint density at radius 1 is 1.15 bits per heavy atom. The Morgan fingerprint density at radius 2 is 1.91 bits per heavy atom. The van der Waals surface area contributed by atoms with E-state index >= 15 is 0 Å². The molecule has 10 heteroatoms. The van der Waals surface area contributed by atoms with Gasteiger partial charge in [-0.2, -0.15) is 13.2 Å². The maximum Gasteiger partial charge on any atom is 0.416 e. The van der Waals surface area contributed by atoms with Crippen LogP contribution >= 0.6 is 22.9 Å². The number of carbonyl (C=O) groups is 2. The van der Waals surface area contributed by atoms with Gasteiger partial charge in [-0.15, -0.1) is 11.3 Å². The zero-order valence-electron chi connectivity index (χ0n) is 17.6. The molecule has 1 aliphatic heterocycles. The maximum absolute atomic E-state index is 13.2. The first-order valence-corrected chi connectivity index (χ1v) is 11.2. The van der Waals surface area contributed by atoms with Crippen LogP contribution in [-0.2, 0) is 22.3 Å². The molecule has 1 aromatic heterocycles. The molecule has 1 unspecified atom stereocenters. The van der Waals surface area contributed by atoms with Gasteiger partial charge in [-0.05, 0) is 47.3 Å². The number of amides is 1. The molecule has 4 rings (SSSR count). The first-order valence-electron chi connectivity index (χ1n) is 9.93. The van der Waals surface area contributed by atoms with Crippen molar-refractivity contribution in [1.29, 1.82) is 0 Å². The van der Waals surface area contributed by atoms with Gasteiger partial charge in [-0.25, -0.2) is 0 Å². The van der Waals surface area contributed by atoms with Crippen LogP contribution < -0.4 is 4.74 Å². The lowest BCUT2D eigenvalue weighted by Crippen LogP contribution is -2.29. The standard InChI is InChI=1S/C24H17ClF3NO4S/c1-33-17-11-14(7-8-16(17)25)21(30)19-20(18-6-3-9-34-18)29(23(32)22(19)31)12-13-4-2-5-15(10-13)24(26,27)28/h2-11,20,30H,12H2,1H3/b21-19-. The summed E-state index contributed by atoms with van der Waals surface area (Å²) in [5.74, 6) is -2.02. The fraction of sp³-hybridized carbons (Fsp3) is 0.167. The van der Waals surface area contributed by atoms with E-state index in [9.17, 15) is 27.9 Å². The van der Waals surface area contributed by atoms with Crippen molar-refractivity contribution in [2.45, 2.75) is 18.8 Å². The van der Waals surface area contributed by atoms with Crippen LogP contribution in [0, 0.1) is 0 Å². The number of Topliss-reactive ketones (excluding diaryl/α,β-unsaturated/α-hetero) is 1. The molecule has 1 atom stereocenters. The lowest BCUT2D eigenvalue weighted by atomic mass is 9.99. The number of aliphatic hydroxyl groups excluding tert-OH is 1. The Morgan fingerprint density at radius 3 is 2.56 bits per heavy atom. The molecule has 0 saturated carbocycles. The molecule has 1 fully saturated rings. The SMILES string of the molecule is COc1cc(/C(O)=C2/C(=O)C(=O)N(Cc3cccc(C(F)(F)F)c3)C2c2cccs2)ccc1Cl. The minimum atomic E-state index is -4.55. The van der Waals surface area contributed by atoms with Crippen LogP contribution in [0.5, 0.6) is 5.75 Å². The Labute approximate surface area is 201 Å². The molecule has 0 bridgehead atoms. The van der Waals surface area contributed by atoms with E-state index in [0.29, 0.717) is 9.90 Å². The molecule has 2 heterocycles. The molecule has 0 aliphatic carbocycles. The maximum atomic E-state index is 13.2. The summed E-state index contributed by atoms with van der Waals surface area (Å²) in [6, 6.07) is 11.4. The van der Waals surface area contributed by atoms with Crippen molar-refractivity contribution in [2.75, 3.05) is 7.11 Å². The topological polar surface area (TPSA) is 66.8 Å². The van der Waals surface area contributed by atoms with Crippen molar-refractivity contribution < 1.29 is 32.6 Å². The number of rotatable bonds is 5. The number of thiophene rings is 1. The molecular weight excluding hydrogens is 491 g/mol. The van der Waals surface area contributed by atoms with Gasteiger partial charge >= 0.3 is 6.18 Å². The van der Waals surface area contributed by atoms with Crippen LogP contribution in [0.3, 0.4) is 0 Å². The minimum absolute atomic E-state index is 0.163. The third-order valence-corrected chi connectivity index (χ3v) is 6.62. The average molecular weight is 508 g/mol. The van der Waals surface area contributed by atoms with Gasteiger partial charge in [0.05, 0.1) is 29.3 Å².